The molecule has 1 saturated heterocycles. The molecule has 0 amide bonds. The van der Waals surface area contributed by atoms with Gasteiger partial charge in [0.25, 0.3) is 0 Å². The smallest absolute Gasteiger partial charge is 0.338 e. The van der Waals surface area contributed by atoms with E-state index in [-0.39, 0.29) is 0 Å². The number of methoxy groups -OCH3 is 2. The highest BCUT2D eigenvalue weighted by atomic mass is 16.7. The van der Waals surface area contributed by atoms with Crippen LogP contribution in [-0.4, -0.2) is 101 Å². The van der Waals surface area contributed by atoms with Crippen molar-refractivity contribution >= 4 is 17.9 Å². The first kappa shape index (κ1) is 20.2. The first-order chi connectivity index (χ1) is 11.1. The number of aliphatic hydroxyl groups excluding tert-OH is 3. The lowest BCUT2D eigenvalue weighted by atomic mass is 9.98. The van der Waals surface area contributed by atoms with Crippen LogP contribution in [0.4, 0.5) is 0 Å². The number of hydrogen-bond donors (Lipinski definition) is 5. The van der Waals surface area contributed by atoms with Gasteiger partial charge in [0.15, 0.2) is 30.7 Å². The van der Waals surface area contributed by atoms with Crippen molar-refractivity contribution < 1.29 is 58.9 Å². The predicted octanol–water partition coefficient (Wildman–Crippen LogP) is -3.46. The van der Waals surface area contributed by atoms with Gasteiger partial charge in [0.2, 0.25) is 0 Å². The second-order valence-electron chi connectivity index (χ2n) is 4.82. The van der Waals surface area contributed by atoms with Crippen LogP contribution < -0.4 is 0 Å². The highest BCUT2D eigenvalue weighted by Gasteiger charge is 2.51. The zero-order valence-corrected chi connectivity index (χ0v) is 12.6. The molecule has 7 atom stereocenters. The molecule has 24 heavy (non-hydrogen) atoms. The lowest BCUT2D eigenvalue weighted by molar-refractivity contribution is -0.296. The number of ether oxygens (including phenoxy) is 4. The summed E-state index contributed by atoms with van der Waals surface area (Å²) in [6.07, 6.45) is -12.9. The number of hydrogen-bond acceptors (Lipinski definition) is 10. The first-order valence-corrected chi connectivity index (χ1v) is 6.57. The van der Waals surface area contributed by atoms with Gasteiger partial charge < -0.3 is 44.5 Å². The van der Waals surface area contributed by atoms with E-state index in [9.17, 15) is 24.6 Å². The summed E-state index contributed by atoms with van der Waals surface area (Å²) in [7, 11) is 2.16. The first-order valence-electron chi connectivity index (χ1n) is 6.57. The Bertz CT molecular complexity index is 479. The van der Waals surface area contributed by atoms with Gasteiger partial charge in [-0.25, -0.2) is 14.4 Å². The van der Waals surface area contributed by atoms with E-state index in [1.54, 1.807) is 0 Å². The number of aliphatic hydroxyl groups is 3. The van der Waals surface area contributed by atoms with Crippen LogP contribution in [0.25, 0.3) is 0 Å². The Morgan fingerprint density at radius 2 is 1.58 bits per heavy atom. The summed E-state index contributed by atoms with van der Waals surface area (Å²) >= 11 is 0. The lowest BCUT2D eigenvalue weighted by Crippen LogP contribution is -2.62. The van der Waals surface area contributed by atoms with Crippen LogP contribution in [0.15, 0.2) is 0 Å². The Kier molecular flexibility index (Phi) is 7.01. The van der Waals surface area contributed by atoms with Gasteiger partial charge in [-0.05, 0) is 0 Å². The molecule has 0 aliphatic carbocycles. The molecule has 0 radical (unpaired) electrons. The van der Waals surface area contributed by atoms with Gasteiger partial charge in [-0.2, -0.15) is 0 Å². The van der Waals surface area contributed by atoms with Crippen molar-refractivity contribution in [1.29, 1.82) is 0 Å². The van der Waals surface area contributed by atoms with Crippen LogP contribution in [0.1, 0.15) is 0 Å². The number of carboxylic acids is 2. The van der Waals surface area contributed by atoms with E-state index in [2.05, 4.69) is 0 Å². The topological polar surface area (TPSA) is 189 Å². The molecule has 12 heteroatoms. The highest BCUT2D eigenvalue weighted by molar-refractivity contribution is 5.84. The molecule has 1 fully saturated rings. The van der Waals surface area contributed by atoms with E-state index in [0.717, 1.165) is 14.2 Å². The van der Waals surface area contributed by atoms with Crippen molar-refractivity contribution in [2.45, 2.75) is 42.9 Å². The largest absolute Gasteiger partial charge is 0.479 e. The summed E-state index contributed by atoms with van der Waals surface area (Å²) in [4.78, 5) is 33.4. The third-order valence-electron chi connectivity index (χ3n) is 3.31. The van der Waals surface area contributed by atoms with Crippen LogP contribution in [0.5, 0.6) is 0 Å². The van der Waals surface area contributed by atoms with Gasteiger partial charge in [-0.15, -0.1) is 0 Å². The lowest BCUT2D eigenvalue weighted by Gasteiger charge is -2.41. The van der Waals surface area contributed by atoms with E-state index in [1.807, 2.05) is 0 Å². The second-order valence-corrected chi connectivity index (χ2v) is 4.82. The molecule has 138 valence electrons. The standard InChI is InChI=1S/C12H18O12/c1-21-6-5(15)7(12(22-2)24-8(6)10(18)19)23-11(20)4(14)3(13)9(16)17/h3-8,12-15H,1-2H3,(H,16,17)(H,18,19)/t3-,4-,5?,6?,7?,8?,12?/m1/s1. The minimum absolute atomic E-state index is 1.08. The molecular formula is C12H18O12. The molecular weight excluding hydrogens is 336 g/mol. The summed E-state index contributed by atoms with van der Waals surface area (Å²) in [5.74, 6) is -4.92. The molecule has 0 bridgehead atoms. The molecule has 5 unspecified atom stereocenters. The van der Waals surface area contributed by atoms with Crippen LogP contribution in [0.2, 0.25) is 0 Å². The van der Waals surface area contributed by atoms with Crippen molar-refractivity contribution in [3.05, 3.63) is 0 Å². The molecule has 1 aliphatic heterocycles. The quantitative estimate of drug-likeness (QED) is 0.284. The van der Waals surface area contributed by atoms with E-state index in [1.165, 1.54) is 0 Å². The van der Waals surface area contributed by atoms with Gasteiger partial charge in [0.1, 0.15) is 12.2 Å². The molecule has 1 heterocycles. The molecule has 1 aliphatic rings. The number of carbonyl (C=O) groups excluding carboxylic acids is 1. The third kappa shape index (κ3) is 4.17. The summed E-state index contributed by atoms with van der Waals surface area (Å²) in [5.41, 5.74) is 0. The average molecular weight is 354 g/mol. The summed E-state index contributed by atoms with van der Waals surface area (Å²) in [6.45, 7) is 0. The number of esters is 1. The van der Waals surface area contributed by atoms with Gasteiger partial charge in [-0.3, -0.25) is 0 Å². The van der Waals surface area contributed by atoms with Crippen LogP contribution in [0, 0.1) is 0 Å². The summed E-state index contributed by atoms with van der Waals surface area (Å²) < 4.78 is 19.4. The normalized spacial score (nSPS) is 32.6. The number of carbonyl (C=O) groups is 3. The third-order valence-corrected chi connectivity index (χ3v) is 3.31. The molecule has 0 aromatic rings. The number of aliphatic carboxylic acids is 2. The number of rotatable bonds is 7. The molecule has 0 spiro atoms. The highest BCUT2D eigenvalue weighted by Crippen LogP contribution is 2.26. The maximum absolute atomic E-state index is 11.7. The molecule has 0 aromatic heterocycles. The Morgan fingerprint density at radius 3 is 2.00 bits per heavy atom. The average Bonchev–Trinajstić information content (AvgIpc) is 2.54. The van der Waals surface area contributed by atoms with E-state index >= 15 is 0 Å². The Morgan fingerprint density at radius 1 is 1.00 bits per heavy atom. The van der Waals surface area contributed by atoms with Crippen molar-refractivity contribution in [3.8, 4) is 0 Å². The van der Waals surface area contributed by atoms with Crippen molar-refractivity contribution in [3.63, 3.8) is 0 Å². The fraction of sp³-hybridized carbons (Fsp3) is 0.750. The van der Waals surface area contributed by atoms with Crippen molar-refractivity contribution in [2.24, 2.45) is 0 Å². The summed E-state index contributed by atoms with van der Waals surface area (Å²) in [6, 6.07) is 0. The fourth-order valence-corrected chi connectivity index (χ4v) is 2.07. The maximum atomic E-state index is 11.7. The van der Waals surface area contributed by atoms with Crippen LogP contribution in [0.3, 0.4) is 0 Å². The van der Waals surface area contributed by atoms with Crippen LogP contribution in [-0.2, 0) is 33.3 Å². The fourth-order valence-electron chi connectivity index (χ4n) is 2.07. The van der Waals surface area contributed by atoms with Gasteiger partial charge in [0, 0.05) is 14.2 Å². The SMILES string of the molecule is COC1OC(C(=O)O)C(OC)C(O)C1OC(=O)[C@H](O)[C@@H](O)C(=O)O. The van der Waals surface area contributed by atoms with E-state index in [4.69, 9.17) is 34.3 Å². The van der Waals surface area contributed by atoms with E-state index in [0.29, 0.717) is 0 Å². The Hall–Kier alpha value is -1.83. The predicted molar refractivity (Wildman–Crippen MR) is 69.6 cm³/mol. The van der Waals surface area contributed by atoms with Crippen molar-refractivity contribution in [1.82, 2.24) is 0 Å². The minimum atomic E-state index is -2.45. The van der Waals surface area contributed by atoms with Crippen molar-refractivity contribution in [2.75, 3.05) is 14.2 Å². The molecule has 0 saturated carbocycles. The monoisotopic (exact) mass is 354 g/mol. The molecule has 1 rings (SSSR count). The maximum Gasteiger partial charge on any atom is 0.338 e. The molecule has 5 N–H and O–H groups in total. The number of carboxylic acid groups (broad SMARTS) is 2. The zero-order chi connectivity index (χ0) is 18.6. The summed E-state index contributed by atoms with van der Waals surface area (Å²) in [5, 5.41) is 46.2. The molecule has 0 aromatic carbocycles. The van der Waals surface area contributed by atoms with Crippen LogP contribution >= 0.6 is 0 Å². The minimum Gasteiger partial charge on any atom is -0.479 e. The van der Waals surface area contributed by atoms with E-state index < -0.39 is 60.8 Å². The Labute approximate surface area is 135 Å². The van der Waals surface area contributed by atoms with Gasteiger partial charge in [-0.1, -0.05) is 0 Å². The molecule has 12 nitrogen and oxygen atoms in total. The Balaban J connectivity index is 2.94. The second kappa shape index (κ2) is 8.32. The van der Waals surface area contributed by atoms with Gasteiger partial charge >= 0.3 is 17.9 Å². The zero-order valence-electron chi connectivity index (χ0n) is 12.6. The van der Waals surface area contributed by atoms with Gasteiger partial charge in [0.05, 0.1) is 0 Å².